The Kier molecular flexibility index (Phi) is 9.95. The lowest BCUT2D eigenvalue weighted by atomic mass is 9.99. The second kappa shape index (κ2) is 13.2. The van der Waals surface area contributed by atoms with Crippen LogP contribution in [0.15, 0.2) is 54.6 Å². The van der Waals surface area contributed by atoms with Gasteiger partial charge >= 0.3 is 5.97 Å². The van der Waals surface area contributed by atoms with Crippen molar-refractivity contribution >= 4 is 29.4 Å². The summed E-state index contributed by atoms with van der Waals surface area (Å²) >= 11 is 0. The van der Waals surface area contributed by atoms with Crippen LogP contribution in [0, 0.1) is 0 Å². The Bertz CT molecular complexity index is 1160. The Morgan fingerprint density at radius 2 is 1.59 bits per heavy atom. The van der Waals surface area contributed by atoms with Crippen LogP contribution in [0.2, 0.25) is 0 Å². The number of carboxylic acids is 1. The molecule has 0 aliphatic carbocycles. The molecule has 39 heavy (non-hydrogen) atoms. The van der Waals surface area contributed by atoms with E-state index in [9.17, 15) is 34.5 Å². The molecule has 0 aromatic heterocycles. The van der Waals surface area contributed by atoms with Gasteiger partial charge in [0.1, 0.15) is 24.1 Å². The van der Waals surface area contributed by atoms with Crippen LogP contribution in [-0.2, 0) is 19.1 Å². The molecule has 0 radical (unpaired) electrons. The van der Waals surface area contributed by atoms with E-state index in [1.54, 1.807) is 37.4 Å². The second-order valence-corrected chi connectivity index (χ2v) is 8.97. The molecule has 210 valence electrons. The van der Waals surface area contributed by atoms with Gasteiger partial charge in [-0.25, -0.2) is 4.79 Å². The number of aliphatic carboxylic acids is 1. The van der Waals surface area contributed by atoms with Gasteiger partial charge in [0.2, 0.25) is 18.1 Å². The summed E-state index contributed by atoms with van der Waals surface area (Å²) in [5.41, 5.74) is 0.871. The van der Waals surface area contributed by atoms with Gasteiger partial charge in [0.25, 0.3) is 5.91 Å². The van der Waals surface area contributed by atoms with Crippen molar-refractivity contribution in [2.45, 2.75) is 44.1 Å². The van der Waals surface area contributed by atoms with Crippen molar-refractivity contribution in [3.63, 3.8) is 0 Å². The number of benzene rings is 2. The molecule has 2 aromatic rings. The van der Waals surface area contributed by atoms with E-state index in [1.165, 1.54) is 41.0 Å². The third-order valence-electron chi connectivity index (χ3n) is 6.01. The summed E-state index contributed by atoms with van der Waals surface area (Å²) in [5, 5.41) is 41.5. The number of carboxylic acid groups (broad SMARTS) is 1. The number of anilines is 1. The maximum Gasteiger partial charge on any atom is 0.335 e. The Morgan fingerprint density at radius 1 is 0.949 bits per heavy atom. The number of carbonyl (C=O) groups is 4. The van der Waals surface area contributed by atoms with Gasteiger partial charge in [-0.05, 0) is 36.4 Å². The molecule has 5 unspecified atom stereocenters. The largest absolute Gasteiger partial charge is 0.479 e. The van der Waals surface area contributed by atoms with Gasteiger partial charge in [-0.1, -0.05) is 18.2 Å². The minimum atomic E-state index is -1.83. The third-order valence-corrected chi connectivity index (χ3v) is 6.01. The van der Waals surface area contributed by atoms with Crippen LogP contribution in [0.5, 0.6) is 5.75 Å². The topological polar surface area (TPSA) is 186 Å². The van der Waals surface area contributed by atoms with Crippen LogP contribution in [0.4, 0.5) is 5.69 Å². The van der Waals surface area contributed by atoms with Gasteiger partial charge in [0, 0.05) is 38.2 Å². The van der Waals surface area contributed by atoms with Crippen molar-refractivity contribution in [3.05, 3.63) is 60.2 Å². The minimum Gasteiger partial charge on any atom is -0.479 e. The van der Waals surface area contributed by atoms with Crippen LogP contribution < -0.4 is 10.1 Å². The van der Waals surface area contributed by atoms with E-state index in [0.717, 1.165) is 0 Å². The lowest BCUT2D eigenvalue weighted by Gasteiger charge is -2.38. The fourth-order valence-corrected chi connectivity index (χ4v) is 3.81. The summed E-state index contributed by atoms with van der Waals surface area (Å²) in [4.78, 5) is 51.1. The van der Waals surface area contributed by atoms with Crippen LogP contribution in [0.1, 0.15) is 23.7 Å². The van der Waals surface area contributed by atoms with Gasteiger partial charge in [-0.2, -0.15) is 0 Å². The van der Waals surface area contributed by atoms with Crippen molar-refractivity contribution < 1.29 is 49.1 Å². The molecule has 13 nitrogen and oxygen atoms in total. The predicted molar refractivity (Wildman–Crippen MR) is 135 cm³/mol. The molecule has 5 N–H and O–H groups in total. The first-order chi connectivity index (χ1) is 18.5. The summed E-state index contributed by atoms with van der Waals surface area (Å²) in [6.45, 7) is 1.43. The zero-order valence-electron chi connectivity index (χ0n) is 21.3. The molecule has 3 rings (SSSR count). The highest BCUT2D eigenvalue weighted by Gasteiger charge is 2.48. The normalized spacial score (nSPS) is 22.4. The quantitative estimate of drug-likeness (QED) is 0.252. The number of rotatable bonds is 10. The molecule has 1 aliphatic heterocycles. The van der Waals surface area contributed by atoms with Gasteiger partial charge in [-0.15, -0.1) is 0 Å². The van der Waals surface area contributed by atoms with Crippen molar-refractivity contribution in [3.8, 4) is 5.75 Å². The monoisotopic (exact) mass is 545 g/mol. The molecule has 3 amide bonds. The van der Waals surface area contributed by atoms with E-state index in [-0.39, 0.29) is 43.1 Å². The second-order valence-electron chi connectivity index (χ2n) is 8.97. The van der Waals surface area contributed by atoms with Crippen LogP contribution in [-0.4, -0.2) is 105 Å². The summed E-state index contributed by atoms with van der Waals surface area (Å²) in [6, 6.07) is 14.4. The standard InChI is InChI=1S/C26H31N3O10/c1-15(30)29(14-28(2)24(35)16-6-4-3-5-7-16)13-12-19(31)27-17-8-10-18(11-9-17)38-26-22(34)20(32)21(33)23(39-26)25(36)37/h3-11,20-23,26,32-34H,12-14H2,1-2H3,(H,27,31)(H,36,37). The number of nitrogens with one attached hydrogen (secondary N) is 1. The van der Waals surface area contributed by atoms with Gasteiger partial charge in [0.05, 0.1) is 6.67 Å². The maximum atomic E-state index is 12.6. The van der Waals surface area contributed by atoms with Gasteiger partial charge < -0.3 is 45.0 Å². The summed E-state index contributed by atoms with van der Waals surface area (Å²) in [6.07, 6.45) is -8.73. The molecule has 5 atom stereocenters. The number of aliphatic hydroxyl groups is 3. The van der Waals surface area contributed by atoms with Gasteiger partial charge in [0.15, 0.2) is 6.10 Å². The maximum absolute atomic E-state index is 12.6. The number of nitrogens with zero attached hydrogens (tertiary/aromatic N) is 2. The molecule has 1 heterocycles. The molecular formula is C26H31N3O10. The molecule has 0 bridgehead atoms. The summed E-state index contributed by atoms with van der Waals surface area (Å²) in [7, 11) is 1.57. The molecular weight excluding hydrogens is 514 g/mol. The molecule has 0 saturated carbocycles. The lowest BCUT2D eigenvalue weighted by molar-refractivity contribution is -0.271. The zero-order chi connectivity index (χ0) is 28.7. The first-order valence-corrected chi connectivity index (χ1v) is 12.0. The number of ether oxygens (including phenoxy) is 2. The van der Waals surface area contributed by atoms with E-state index in [2.05, 4.69) is 5.32 Å². The average Bonchev–Trinajstić information content (AvgIpc) is 2.91. The van der Waals surface area contributed by atoms with Crippen molar-refractivity contribution in [1.82, 2.24) is 9.80 Å². The van der Waals surface area contributed by atoms with Crippen LogP contribution >= 0.6 is 0 Å². The van der Waals surface area contributed by atoms with Crippen molar-refractivity contribution in [2.75, 3.05) is 25.6 Å². The van der Waals surface area contributed by atoms with E-state index in [4.69, 9.17) is 14.6 Å². The minimum absolute atomic E-state index is 0.00588. The Labute approximate surface area is 224 Å². The number of hydrogen-bond donors (Lipinski definition) is 5. The highest BCUT2D eigenvalue weighted by Crippen LogP contribution is 2.25. The first-order valence-electron chi connectivity index (χ1n) is 12.0. The SMILES string of the molecule is CC(=O)N(CCC(=O)Nc1ccc(OC2OC(C(=O)O)C(O)C(O)C2O)cc1)CN(C)C(=O)c1ccccc1. The highest BCUT2D eigenvalue weighted by molar-refractivity contribution is 5.94. The smallest absolute Gasteiger partial charge is 0.335 e. The lowest BCUT2D eigenvalue weighted by Crippen LogP contribution is -2.61. The third kappa shape index (κ3) is 7.74. The van der Waals surface area contributed by atoms with Crippen molar-refractivity contribution in [1.29, 1.82) is 0 Å². The molecule has 1 aliphatic rings. The van der Waals surface area contributed by atoms with E-state index in [0.29, 0.717) is 11.3 Å². The first kappa shape index (κ1) is 29.5. The summed E-state index contributed by atoms with van der Waals surface area (Å²) < 4.78 is 10.5. The molecule has 1 fully saturated rings. The Morgan fingerprint density at radius 3 is 2.18 bits per heavy atom. The van der Waals surface area contributed by atoms with E-state index in [1.807, 2.05) is 0 Å². The summed E-state index contributed by atoms with van der Waals surface area (Å²) in [5.74, 6) is -2.34. The van der Waals surface area contributed by atoms with E-state index < -0.39 is 36.7 Å². The molecule has 2 aromatic carbocycles. The van der Waals surface area contributed by atoms with Crippen molar-refractivity contribution in [2.24, 2.45) is 0 Å². The number of hydrogen-bond acceptors (Lipinski definition) is 9. The predicted octanol–water partition coefficient (Wildman–Crippen LogP) is -0.136. The Balaban J connectivity index is 1.51. The van der Waals surface area contributed by atoms with Crippen LogP contribution in [0.3, 0.4) is 0 Å². The molecule has 13 heteroatoms. The number of aliphatic hydroxyl groups excluding tert-OH is 3. The molecule has 1 saturated heterocycles. The molecule has 0 spiro atoms. The van der Waals surface area contributed by atoms with Gasteiger partial charge in [-0.3, -0.25) is 14.4 Å². The number of amides is 3. The fourth-order valence-electron chi connectivity index (χ4n) is 3.81. The zero-order valence-corrected chi connectivity index (χ0v) is 21.3. The highest BCUT2D eigenvalue weighted by atomic mass is 16.7. The average molecular weight is 546 g/mol. The van der Waals surface area contributed by atoms with Crippen LogP contribution in [0.25, 0.3) is 0 Å². The fraction of sp³-hybridized carbons (Fsp3) is 0.385. The number of carbonyl (C=O) groups excluding carboxylic acids is 3. The van der Waals surface area contributed by atoms with E-state index >= 15 is 0 Å². The Hall–Kier alpha value is -4.04.